The quantitative estimate of drug-likeness (QED) is 0.771. The van der Waals surface area contributed by atoms with Gasteiger partial charge >= 0.3 is 0 Å². The Kier molecular flexibility index (Phi) is 5.06. The molecule has 1 aliphatic carbocycles. The van der Waals surface area contributed by atoms with Crippen LogP contribution >= 0.6 is 0 Å². The molecule has 0 spiro atoms. The highest BCUT2D eigenvalue weighted by atomic mass is 16.5. The van der Waals surface area contributed by atoms with E-state index in [2.05, 4.69) is 40.5 Å². The molecule has 1 heterocycles. The molecule has 0 amide bonds. The first-order valence-corrected chi connectivity index (χ1v) is 7.99. The zero-order valence-electron chi connectivity index (χ0n) is 12.3. The van der Waals surface area contributed by atoms with Gasteiger partial charge in [0.15, 0.2) is 0 Å². The summed E-state index contributed by atoms with van der Waals surface area (Å²) in [5.74, 6) is 1.67. The van der Waals surface area contributed by atoms with Crippen LogP contribution in [0.3, 0.4) is 0 Å². The van der Waals surface area contributed by atoms with Gasteiger partial charge in [0.25, 0.3) is 0 Å². The molecule has 2 atom stereocenters. The van der Waals surface area contributed by atoms with Crippen LogP contribution in [0.2, 0.25) is 0 Å². The van der Waals surface area contributed by atoms with E-state index >= 15 is 0 Å². The van der Waals surface area contributed by atoms with Gasteiger partial charge in [0.1, 0.15) is 0 Å². The van der Waals surface area contributed by atoms with Crippen molar-refractivity contribution >= 4 is 0 Å². The number of nitrogens with zero attached hydrogens (tertiary/aromatic N) is 1. The molecule has 0 radical (unpaired) electrons. The Balaban J connectivity index is 1.24. The largest absolute Gasteiger partial charge is 0.379 e. The second kappa shape index (κ2) is 7.21. The summed E-state index contributed by atoms with van der Waals surface area (Å²) in [7, 11) is 0. The van der Waals surface area contributed by atoms with Crippen LogP contribution < -0.4 is 5.32 Å². The fraction of sp³-hybridized carbons (Fsp3) is 0.647. The van der Waals surface area contributed by atoms with Gasteiger partial charge in [-0.15, -0.1) is 0 Å². The van der Waals surface area contributed by atoms with E-state index in [1.807, 2.05) is 0 Å². The van der Waals surface area contributed by atoms with Crippen molar-refractivity contribution < 1.29 is 4.74 Å². The Morgan fingerprint density at radius 1 is 1.15 bits per heavy atom. The molecule has 1 aromatic rings. The second-order valence-corrected chi connectivity index (χ2v) is 6.02. The Morgan fingerprint density at radius 3 is 2.75 bits per heavy atom. The predicted molar refractivity (Wildman–Crippen MR) is 82.0 cm³/mol. The van der Waals surface area contributed by atoms with E-state index in [1.54, 1.807) is 0 Å². The number of benzene rings is 1. The minimum Gasteiger partial charge on any atom is -0.379 e. The average molecular weight is 274 g/mol. The van der Waals surface area contributed by atoms with Crippen molar-refractivity contribution in [2.24, 2.45) is 5.92 Å². The average Bonchev–Trinajstić information content (AvgIpc) is 3.28. The molecule has 1 N–H and O–H groups in total. The molecule has 2 fully saturated rings. The molecule has 3 nitrogen and oxygen atoms in total. The van der Waals surface area contributed by atoms with Crippen LogP contribution in [0.25, 0.3) is 0 Å². The van der Waals surface area contributed by atoms with Gasteiger partial charge < -0.3 is 10.1 Å². The maximum absolute atomic E-state index is 5.36. The molecule has 1 saturated heterocycles. The highest BCUT2D eigenvalue weighted by molar-refractivity contribution is 5.25. The van der Waals surface area contributed by atoms with Crippen LogP contribution in [0.15, 0.2) is 30.3 Å². The number of hydrogen-bond donors (Lipinski definition) is 1. The minimum absolute atomic E-state index is 0.808. The topological polar surface area (TPSA) is 24.5 Å². The molecule has 20 heavy (non-hydrogen) atoms. The molecule has 0 bridgehead atoms. The fourth-order valence-electron chi connectivity index (χ4n) is 3.12. The summed E-state index contributed by atoms with van der Waals surface area (Å²) < 4.78 is 5.36. The van der Waals surface area contributed by atoms with Gasteiger partial charge in [-0.1, -0.05) is 30.3 Å². The van der Waals surface area contributed by atoms with Crippen molar-refractivity contribution in [2.45, 2.75) is 18.8 Å². The van der Waals surface area contributed by atoms with Crippen molar-refractivity contribution in [3.8, 4) is 0 Å². The van der Waals surface area contributed by atoms with Gasteiger partial charge in [-0.05, 0) is 49.9 Å². The highest BCUT2D eigenvalue weighted by Crippen LogP contribution is 2.46. The van der Waals surface area contributed by atoms with Crippen molar-refractivity contribution in [1.29, 1.82) is 0 Å². The predicted octanol–water partition coefficient (Wildman–Crippen LogP) is 2.10. The summed E-state index contributed by atoms with van der Waals surface area (Å²) in [6.07, 6.45) is 2.61. The normalized spacial score (nSPS) is 26.6. The lowest BCUT2D eigenvalue weighted by molar-refractivity contribution is 0.0374. The number of rotatable bonds is 7. The van der Waals surface area contributed by atoms with Gasteiger partial charge in [0.2, 0.25) is 0 Å². The van der Waals surface area contributed by atoms with E-state index in [1.165, 1.54) is 31.5 Å². The molecule has 1 aromatic carbocycles. The third-order valence-electron chi connectivity index (χ3n) is 4.49. The van der Waals surface area contributed by atoms with Crippen molar-refractivity contribution in [2.75, 3.05) is 45.9 Å². The monoisotopic (exact) mass is 274 g/mol. The second-order valence-electron chi connectivity index (χ2n) is 6.02. The standard InChI is InChI=1S/C17H26N2O/c1-2-5-15(6-3-1)17-13-16(17)14-18-7-4-8-19-9-11-20-12-10-19/h1-3,5-6,16-18H,4,7-14H2. The van der Waals surface area contributed by atoms with E-state index in [9.17, 15) is 0 Å². The summed E-state index contributed by atoms with van der Waals surface area (Å²) in [6, 6.07) is 10.9. The van der Waals surface area contributed by atoms with Gasteiger partial charge in [0, 0.05) is 13.1 Å². The van der Waals surface area contributed by atoms with Crippen molar-refractivity contribution in [3.63, 3.8) is 0 Å². The number of hydrogen-bond acceptors (Lipinski definition) is 3. The summed E-state index contributed by atoms with van der Waals surface area (Å²) in [5.41, 5.74) is 1.52. The molecule has 0 aromatic heterocycles. The molecule has 110 valence electrons. The van der Waals surface area contributed by atoms with E-state index in [-0.39, 0.29) is 0 Å². The van der Waals surface area contributed by atoms with E-state index in [0.717, 1.165) is 44.7 Å². The van der Waals surface area contributed by atoms with E-state index in [4.69, 9.17) is 4.74 Å². The molecule has 2 aliphatic rings. The first-order chi connectivity index (χ1) is 9.93. The zero-order valence-corrected chi connectivity index (χ0v) is 12.3. The lowest BCUT2D eigenvalue weighted by Gasteiger charge is -2.26. The first-order valence-electron chi connectivity index (χ1n) is 7.99. The van der Waals surface area contributed by atoms with Crippen LogP contribution in [-0.2, 0) is 4.74 Å². The molecule has 2 unspecified atom stereocenters. The SMILES string of the molecule is c1ccc(C2CC2CNCCCN2CCOCC2)cc1. The number of morpholine rings is 1. The highest BCUT2D eigenvalue weighted by Gasteiger charge is 2.37. The molecule has 3 rings (SSSR count). The molecule has 3 heteroatoms. The van der Waals surface area contributed by atoms with Crippen molar-refractivity contribution in [3.05, 3.63) is 35.9 Å². The Hall–Kier alpha value is -0.900. The lowest BCUT2D eigenvalue weighted by atomic mass is 10.1. The Labute approximate surface area is 122 Å². The van der Waals surface area contributed by atoms with E-state index in [0.29, 0.717) is 0 Å². The summed E-state index contributed by atoms with van der Waals surface area (Å²) in [5, 5.41) is 3.63. The molecular formula is C17H26N2O. The smallest absolute Gasteiger partial charge is 0.0594 e. The fourth-order valence-corrected chi connectivity index (χ4v) is 3.12. The summed E-state index contributed by atoms with van der Waals surface area (Å²) in [6.45, 7) is 7.58. The van der Waals surface area contributed by atoms with Crippen LogP contribution in [0.5, 0.6) is 0 Å². The lowest BCUT2D eigenvalue weighted by Crippen LogP contribution is -2.37. The third-order valence-corrected chi connectivity index (χ3v) is 4.49. The van der Waals surface area contributed by atoms with Gasteiger partial charge in [0.05, 0.1) is 13.2 Å². The van der Waals surface area contributed by atoms with Crippen LogP contribution in [0.4, 0.5) is 0 Å². The molecule has 1 saturated carbocycles. The zero-order chi connectivity index (χ0) is 13.6. The third kappa shape index (κ3) is 4.05. The first kappa shape index (κ1) is 14.1. The van der Waals surface area contributed by atoms with Crippen LogP contribution in [-0.4, -0.2) is 50.8 Å². The molecule has 1 aliphatic heterocycles. The summed E-state index contributed by atoms with van der Waals surface area (Å²) in [4.78, 5) is 2.51. The Morgan fingerprint density at radius 2 is 1.95 bits per heavy atom. The Bertz CT molecular complexity index is 389. The van der Waals surface area contributed by atoms with Crippen molar-refractivity contribution in [1.82, 2.24) is 10.2 Å². The number of ether oxygens (including phenoxy) is 1. The maximum atomic E-state index is 5.36. The van der Waals surface area contributed by atoms with Crippen LogP contribution in [0, 0.1) is 5.92 Å². The summed E-state index contributed by atoms with van der Waals surface area (Å²) >= 11 is 0. The van der Waals surface area contributed by atoms with E-state index < -0.39 is 0 Å². The van der Waals surface area contributed by atoms with Crippen LogP contribution in [0.1, 0.15) is 24.3 Å². The number of nitrogens with one attached hydrogen (secondary N) is 1. The minimum atomic E-state index is 0.808. The van der Waals surface area contributed by atoms with Gasteiger partial charge in [-0.2, -0.15) is 0 Å². The molecular weight excluding hydrogens is 248 g/mol. The van der Waals surface area contributed by atoms with Gasteiger partial charge in [-0.25, -0.2) is 0 Å². The maximum Gasteiger partial charge on any atom is 0.0594 e. The van der Waals surface area contributed by atoms with Gasteiger partial charge in [-0.3, -0.25) is 4.90 Å².